The molecule has 0 aliphatic carbocycles. The molecule has 0 saturated carbocycles. The highest BCUT2D eigenvalue weighted by atomic mass is 79.9. The van der Waals surface area contributed by atoms with Crippen molar-refractivity contribution in [2.24, 2.45) is 0 Å². The van der Waals surface area contributed by atoms with Crippen LogP contribution < -0.4 is 10.1 Å². The lowest BCUT2D eigenvalue weighted by Gasteiger charge is -2.33. The van der Waals surface area contributed by atoms with Crippen molar-refractivity contribution in [2.75, 3.05) is 12.4 Å². The molecule has 0 spiro atoms. The topological polar surface area (TPSA) is 39.1 Å². The van der Waals surface area contributed by atoms with Gasteiger partial charge in [0.15, 0.2) is 0 Å². The summed E-state index contributed by atoms with van der Waals surface area (Å²) in [6, 6.07) is 25.6. The van der Waals surface area contributed by atoms with Gasteiger partial charge in [0, 0.05) is 4.47 Å². The normalized spacial score (nSPS) is 18.5. The van der Waals surface area contributed by atoms with Crippen molar-refractivity contribution in [3.05, 3.63) is 88.4 Å². The molecular weight excluding hydrogens is 414 g/mol. The molecule has 3 aromatic carbocycles. The molecule has 4 nitrogen and oxygen atoms in total. The quantitative estimate of drug-likeness (QED) is 0.433. The van der Waals surface area contributed by atoms with Crippen LogP contribution in [0.5, 0.6) is 5.75 Å². The monoisotopic (exact) mass is 433 g/mol. The van der Waals surface area contributed by atoms with Crippen LogP contribution in [0.15, 0.2) is 77.3 Å². The highest BCUT2D eigenvalue weighted by Gasteiger charge is 2.31. The van der Waals surface area contributed by atoms with Gasteiger partial charge in [0.1, 0.15) is 5.75 Å². The summed E-state index contributed by atoms with van der Waals surface area (Å²) in [5.41, 5.74) is 4.64. The second kappa shape index (κ2) is 6.99. The summed E-state index contributed by atoms with van der Waals surface area (Å²) in [7, 11) is 1.71. The molecule has 2 heterocycles. The molecule has 0 bridgehead atoms. The Hall–Kier alpha value is -2.79. The second-order valence-corrected chi connectivity index (χ2v) is 7.99. The molecule has 1 aliphatic rings. The number of ether oxygens (including phenoxy) is 1. The number of benzene rings is 3. The summed E-state index contributed by atoms with van der Waals surface area (Å²) in [5.74, 6) is 1.79. The third-order valence-electron chi connectivity index (χ3n) is 5.42. The Morgan fingerprint density at radius 3 is 2.64 bits per heavy atom. The summed E-state index contributed by atoms with van der Waals surface area (Å²) in [5, 5.41) is 3.66. The maximum Gasteiger partial charge on any atom is 0.204 e. The van der Waals surface area contributed by atoms with E-state index in [1.54, 1.807) is 7.11 Å². The van der Waals surface area contributed by atoms with Gasteiger partial charge in [0.2, 0.25) is 5.95 Å². The van der Waals surface area contributed by atoms with Crippen LogP contribution in [0.2, 0.25) is 0 Å². The van der Waals surface area contributed by atoms with Crippen LogP contribution in [-0.2, 0) is 0 Å². The number of fused-ring (bicyclic) bond motifs is 3. The van der Waals surface area contributed by atoms with Gasteiger partial charge in [0.25, 0.3) is 0 Å². The number of rotatable bonds is 3. The van der Waals surface area contributed by atoms with E-state index in [0.29, 0.717) is 0 Å². The average Bonchev–Trinajstić information content (AvgIpc) is 3.12. The van der Waals surface area contributed by atoms with E-state index < -0.39 is 0 Å². The highest BCUT2D eigenvalue weighted by Crippen LogP contribution is 2.41. The van der Waals surface area contributed by atoms with Crippen molar-refractivity contribution in [3.63, 3.8) is 0 Å². The largest absolute Gasteiger partial charge is 0.497 e. The lowest BCUT2D eigenvalue weighted by Crippen LogP contribution is -2.27. The molecule has 0 saturated heterocycles. The minimum atomic E-state index is 0.174. The third-order valence-corrected chi connectivity index (χ3v) is 5.95. The number of para-hydroxylation sites is 2. The Labute approximate surface area is 172 Å². The molecule has 0 radical (unpaired) electrons. The second-order valence-electron chi connectivity index (χ2n) is 7.07. The lowest BCUT2D eigenvalue weighted by molar-refractivity contribution is 0.411. The summed E-state index contributed by atoms with van der Waals surface area (Å²) in [6.45, 7) is 0. The van der Waals surface area contributed by atoms with Crippen molar-refractivity contribution in [2.45, 2.75) is 18.5 Å². The molecular formula is C23H20BrN3O. The predicted molar refractivity (Wildman–Crippen MR) is 116 cm³/mol. The summed E-state index contributed by atoms with van der Waals surface area (Å²) < 4.78 is 8.89. The van der Waals surface area contributed by atoms with E-state index in [4.69, 9.17) is 9.72 Å². The van der Waals surface area contributed by atoms with Gasteiger partial charge in [-0.15, -0.1) is 0 Å². The van der Waals surface area contributed by atoms with Gasteiger partial charge >= 0.3 is 0 Å². The van der Waals surface area contributed by atoms with Crippen molar-refractivity contribution in [1.29, 1.82) is 0 Å². The van der Waals surface area contributed by atoms with Crippen LogP contribution in [0.3, 0.4) is 0 Å². The van der Waals surface area contributed by atoms with Crippen molar-refractivity contribution < 1.29 is 4.74 Å². The van der Waals surface area contributed by atoms with Crippen LogP contribution in [0.1, 0.15) is 29.6 Å². The molecule has 2 atom stereocenters. The molecule has 0 fully saturated rings. The number of anilines is 1. The number of methoxy groups -OCH3 is 1. The SMILES string of the molecule is COc1cccc(C2CC(c3ccc(Br)cc3)Nc3nc4ccccc4n32)c1. The highest BCUT2D eigenvalue weighted by molar-refractivity contribution is 9.10. The lowest BCUT2D eigenvalue weighted by atomic mass is 9.93. The first-order valence-electron chi connectivity index (χ1n) is 9.36. The molecule has 1 N–H and O–H groups in total. The van der Waals surface area contributed by atoms with Crippen LogP contribution in [0.4, 0.5) is 5.95 Å². The standard InChI is InChI=1S/C23H20BrN3O/c1-28-18-6-4-5-16(13-18)22-14-20(15-9-11-17(24)12-10-15)26-23-25-19-7-2-3-8-21(19)27(22)23/h2-13,20,22H,14H2,1H3,(H,25,26). The smallest absolute Gasteiger partial charge is 0.204 e. The zero-order valence-electron chi connectivity index (χ0n) is 15.5. The third kappa shape index (κ3) is 2.96. The number of nitrogens with one attached hydrogen (secondary N) is 1. The fourth-order valence-corrected chi connectivity index (χ4v) is 4.32. The van der Waals surface area contributed by atoms with E-state index in [1.807, 2.05) is 12.1 Å². The fourth-order valence-electron chi connectivity index (χ4n) is 4.05. The number of halogens is 1. The first-order chi connectivity index (χ1) is 13.7. The van der Waals surface area contributed by atoms with Gasteiger partial charge in [-0.1, -0.05) is 52.3 Å². The van der Waals surface area contributed by atoms with E-state index in [9.17, 15) is 0 Å². The van der Waals surface area contributed by atoms with Gasteiger partial charge in [-0.25, -0.2) is 4.98 Å². The van der Waals surface area contributed by atoms with E-state index in [-0.39, 0.29) is 12.1 Å². The molecule has 0 amide bonds. The van der Waals surface area contributed by atoms with Crippen molar-refractivity contribution in [3.8, 4) is 5.75 Å². The number of aromatic nitrogens is 2. The predicted octanol–water partition coefficient (Wildman–Crippen LogP) is 5.95. The Kier molecular flexibility index (Phi) is 4.32. The van der Waals surface area contributed by atoms with E-state index in [1.165, 1.54) is 11.1 Å². The fraction of sp³-hybridized carbons (Fsp3) is 0.174. The zero-order valence-corrected chi connectivity index (χ0v) is 17.1. The summed E-state index contributed by atoms with van der Waals surface area (Å²) in [4.78, 5) is 4.88. The van der Waals surface area contributed by atoms with Gasteiger partial charge in [0.05, 0.1) is 30.2 Å². The van der Waals surface area contributed by atoms with E-state index >= 15 is 0 Å². The molecule has 5 rings (SSSR count). The minimum absolute atomic E-state index is 0.174. The van der Waals surface area contributed by atoms with E-state index in [2.05, 4.69) is 86.5 Å². The maximum absolute atomic E-state index is 5.48. The Morgan fingerprint density at radius 2 is 1.82 bits per heavy atom. The Balaban J connectivity index is 1.66. The zero-order chi connectivity index (χ0) is 19.1. The van der Waals surface area contributed by atoms with Crippen LogP contribution >= 0.6 is 15.9 Å². The average molecular weight is 434 g/mol. The first kappa shape index (κ1) is 17.3. The molecule has 4 aromatic rings. The number of nitrogens with zero attached hydrogens (tertiary/aromatic N) is 2. The van der Waals surface area contributed by atoms with Crippen LogP contribution in [0, 0.1) is 0 Å². The molecule has 2 unspecified atom stereocenters. The van der Waals surface area contributed by atoms with Crippen molar-refractivity contribution in [1.82, 2.24) is 9.55 Å². The first-order valence-corrected chi connectivity index (χ1v) is 10.1. The number of hydrogen-bond donors (Lipinski definition) is 1. The van der Waals surface area contributed by atoms with Crippen LogP contribution in [0.25, 0.3) is 11.0 Å². The minimum Gasteiger partial charge on any atom is -0.497 e. The number of hydrogen-bond acceptors (Lipinski definition) is 3. The summed E-state index contributed by atoms with van der Waals surface area (Å²) in [6.07, 6.45) is 0.933. The Morgan fingerprint density at radius 1 is 1.00 bits per heavy atom. The Bertz CT molecular complexity index is 1140. The maximum atomic E-state index is 5.48. The van der Waals surface area contributed by atoms with Gasteiger partial charge in [-0.2, -0.15) is 0 Å². The molecule has 1 aromatic heterocycles. The van der Waals surface area contributed by atoms with E-state index in [0.717, 1.165) is 33.6 Å². The molecule has 5 heteroatoms. The summed E-state index contributed by atoms with van der Waals surface area (Å²) >= 11 is 3.53. The molecule has 1 aliphatic heterocycles. The molecule has 140 valence electrons. The van der Waals surface area contributed by atoms with Crippen LogP contribution in [-0.4, -0.2) is 16.7 Å². The van der Waals surface area contributed by atoms with Gasteiger partial charge < -0.3 is 14.6 Å². The van der Waals surface area contributed by atoms with Crippen molar-refractivity contribution >= 4 is 32.9 Å². The van der Waals surface area contributed by atoms with Gasteiger partial charge in [-0.05, 0) is 53.9 Å². The number of imidazole rings is 1. The van der Waals surface area contributed by atoms with Gasteiger partial charge in [-0.3, -0.25) is 0 Å². The molecule has 28 heavy (non-hydrogen) atoms.